The number of likely N-dealkylation sites (tertiary alicyclic amines) is 1. The molecule has 0 aliphatic carbocycles. The van der Waals surface area contributed by atoms with E-state index >= 15 is 0 Å². The van der Waals surface area contributed by atoms with Gasteiger partial charge in [-0.15, -0.1) is 0 Å². The highest BCUT2D eigenvalue weighted by molar-refractivity contribution is 5.36. The second-order valence-electron chi connectivity index (χ2n) is 5.91. The number of rotatable bonds is 6. The van der Waals surface area contributed by atoms with Crippen LogP contribution in [0.3, 0.4) is 0 Å². The van der Waals surface area contributed by atoms with Crippen LogP contribution in [0.25, 0.3) is 0 Å². The van der Waals surface area contributed by atoms with Crippen LogP contribution in [-0.4, -0.2) is 45.9 Å². The molecule has 0 amide bonds. The highest BCUT2D eigenvalue weighted by Gasteiger charge is 2.20. The third-order valence-electron chi connectivity index (χ3n) is 4.15. The van der Waals surface area contributed by atoms with Crippen LogP contribution in [0.15, 0.2) is 36.9 Å². The SMILES string of the molecule is N#Cc1cccc(OCCN2CCCC(Cn3cncn3)C2)c1. The van der Waals surface area contributed by atoms with Crippen LogP contribution in [0.4, 0.5) is 0 Å². The fourth-order valence-corrected chi connectivity index (χ4v) is 3.04. The molecule has 6 heteroatoms. The minimum absolute atomic E-state index is 0.618. The van der Waals surface area contributed by atoms with Crippen LogP contribution in [0, 0.1) is 17.2 Å². The van der Waals surface area contributed by atoms with E-state index in [2.05, 4.69) is 21.1 Å². The van der Waals surface area contributed by atoms with Gasteiger partial charge in [0.15, 0.2) is 0 Å². The Labute approximate surface area is 136 Å². The van der Waals surface area contributed by atoms with Crippen molar-refractivity contribution in [2.75, 3.05) is 26.2 Å². The Hall–Kier alpha value is -2.39. The number of nitrogens with zero attached hydrogens (tertiary/aromatic N) is 5. The lowest BCUT2D eigenvalue weighted by Crippen LogP contribution is -2.39. The van der Waals surface area contributed by atoms with Crippen LogP contribution >= 0.6 is 0 Å². The van der Waals surface area contributed by atoms with E-state index in [4.69, 9.17) is 10.00 Å². The molecule has 6 nitrogen and oxygen atoms in total. The molecule has 1 aliphatic heterocycles. The fraction of sp³-hybridized carbons (Fsp3) is 0.471. The van der Waals surface area contributed by atoms with E-state index < -0.39 is 0 Å². The second-order valence-corrected chi connectivity index (χ2v) is 5.91. The number of hydrogen-bond donors (Lipinski definition) is 0. The molecule has 0 saturated carbocycles. The molecular weight excluding hydrogens is 290 g/mol. The summed E-state index contributed by atoms with van der Waals surface area (Å²) >= 11 is 0. The average molecular weight is 311 g/mol. The summed E-state index contributed by atoms with van der Waals surface area (Å²) in [6, 6.07) is 9.44. The molecule has 0 radical (unpaired) electrons. The summed E-state index contributed by atoms with van der Waals surface area (Å²) in [5.74, 6) is 1.38. The molecule has 1 saturated heterocycles. The summed E-state index contributed by atoms with van der Waals surface area (Å²) in [6.45, 7) is 4.67. The first kappa shape index (κ1) is 15.5. The summed E-state index contributed by atoms with van der Waals surface area (Å²) < 4.78 is 7.69. The van der Waals surface area contributed by atoms with Crippen molar-refractivity contribution in [2.24, 2.45) is 5.92 Å². The van der Waals surface area contributed by atoms with Crippen LogP contribution in [-0.2, 0) is 6.54 Å². The summed E-state index contributed by atoms with van der Waals surface area (Å²) in [5.41, 5.74) is 0.633. The van der Waals surface area contributed by atoms with Crippen molar-refractivity contribution in [3.63, 3.8) is 0 Å². The maximum atomic E-state index is 8.90. The number of hydrogen-bond acceptors (Lipinski definition) is 5. The maximum absolute atomic E-state index is 8.90. The molecule has 120 valence electrons. The largest absolute Gasteiger partial charge is 0.492 e. The minimum Gasteiger partial charge on any atom is -0.492 e. The van der Waals surface area contributed by atoms with Gasteiger partial charge >= 0.3 is 0 Å². The Morgan fingerprint density at radius 3 is 3.17 bits per heavy atom. The monoisotopic (exact) mass is 311 g/mol. The first-order valence-corrected chi connectivity index (χ1v) is 8.01. The Balaban J connectivity index is 1.43. The second kappa shape index (κ2) is 7.75. The van der Waals surface area contributed by atoms with Gasteiger partial charge in [-0.2, -0.15) is 10.4 Å². The van der Waals surface area contributed by atoms with Crippen molar-refractivity contribution in [1.29, 1.82) is 5.26 Å². The first-order chi connectivity index (χ1) is 11.3. The van der Waals surface area contributed by atoms with Gasteiger partial charge in [0.25, 0.3) is 0 Å². The normalized spacial score (nSPS) is 18.5. The van der Waals surface area contributed by atoms with Crippen LogP contribution < -0.4 is 4.74 Å². The molecule has 1 aromatic carbocycles. The Morgan fingerprint density at radius 1 is 1.39 bits per heavy atom. The van der Waals surface area contributed by atoms with E-state index in [-0.39, 0.29) is 0 Å². The average Bonchev–Trinajstić information content (AvgIpc) is 3.08. The van der Waals surface area contributed by atoms with Crippen molar-refractivity contribution >= 4 is 0 Å². The molecule has 0 bridgehead atoms. The van der Waals surface area contributed by atoms with Gasteiger partial charge in [0.05, 0.1) is 11.6 Å². The Kier molecular flexibility index (Phi) is 5.22. The lowest BCUT2D eigenvalue weighted by Gasteiger charge is -2.32. The number of ether oxygens (including phenoxy) is 1. The number of aromatic nitrogens is 3. The maximum Gasteiger partial charge on any atom is 0.137 e. The van der Waals surface area contributed by atoms with Crippen molar-refractivity contribution in [3.05, 3.63) is 42.5 Å². The lowest BCUT2D eigenvalue weighted by molar-refractivity contribution is 0.136. The van der Waals surface area contributed by atoms with Gasteiger partial charge in [-0.3, -0.25) is 9.58 Å². The number of nitriles is 1. The van der Waals surface area contributed by atoms with E-state index in [1.807, 2.05) is 16.8 Å². The zero-order chi connectivity index (χ0) is 15.9. The van der Waals surface area contributed by atoms with Crippen molar-refractivity contribution in [1.82, 2.24) is 19.7 Å². The summed E-state index contributed by atoms with van der Waals surface area (Å²) in [5, 5.41) is 13.1. The van der Waals surface area contributed by atoms with Gasteiger partial charge in [-0.1, -0.05) is 6.07 Å². The van der Waals surface area contributed by atoms with Gasteiger partial charge in [-0.05, 0) is 43.5 Å². The molecule has 1 atom stereocenters. The molecule has 1 fully saturated rings. The topological polar surface area (TPSA) is 67.0 Å². The van der Waals surface area contributed by atoms with Gasteiger partial charge in [-0.25, -0.2) is 4.98 Å². The van der Waals surface area contributed by atoms with Gasteiger partial charge in [0.2, 0.25) is 0 Å². The molecule has 3 rings (SSSR count). The molecule has 1 unspecified atom stereocenters. The van der Waals surface area contributed by atoms with E-state index in [1.54, 1.807) is 24.8 Å². The zero-order valence-electron chi connectivity index (χ0n) is 13.1. The molecule has 23 heavy (non-hydrogen) atoms. The van der Waals surface area contributed by atoms with Crippen LogP contribution in [0.1, 0.15) is 18.4 Å². The highest BCUT2D eigenvalue weighted by Crippen LogP contribution is 2.18. The zero-order valence-corrected chi connectivity index (χ0v) is 13.1. The van der Waals surface area contributed by atoms with Crippen LogP contribution in [0.2, 0.25) is 0 Å². The summed E-state index contributed by atoms with van der Waals surface area (Å²) in [4.78, 5) is 6.44. The quantitative estimate of drug-likeness (QED) is 0.815. The molecule has 2 heterocycles. The minimum atomic E-state index is 0.618. The van der Waals surface area contributed by atoms with E-state index in [9.17, 15) is 0 Å². The molecule has 0 spiro atoms. The summed E-state index contributed by atoms with van der Waals surface area (Å²) in [6.07, 6.45) is 5.82. The predicted octanol–water partition coefficient (Wildman–Crippen LogP) is 1.94. The van der Waals surface area contributed by atoms with Crippen molar-refractivity contribution in [3.8, 4) is 11.8 Å². The fourth-order valence-electron chi connectivity index (χ4n) is 3.04. The smallest absolute Gasteiger partial charge is 0.137 e. The number of piperidine rings is 1. The number of benzene rings is 1. The summed E-state index contributed by atoms with van der Waals surface area (Å²) in [7, 11) is 0. The molecule has 1 aliphatic rings. The Morgan fingerprint density at radius 2 is 2.35 bits per heavy atom. The molecule has 0 N–H and O–H groups in total. The molecular formula is C17H21N5O. The van der Waals surface area contributed by atoms with Gasteiger partial charge in [0.1, 0.15) is 25.0 Å². The van der Waals surface area contributed by atoms with Crippen LogP contribution in [0.5, 0.6) is 5.75 Å². The van der Waals surface area contributed by atoms with Gasteiger partial charge < -0.3 is 4.74 Å². The van der Waals surface area contributed by atoms with Crippen molar-refractivity contribution in [2.45, 2.75) is 19.4 Å². The molecule has 1 aromatic heterocycles. The predicted molar refractivity (Wildman–Crippen MR) is 85.8 cm³/mol. The van der Waals surface area contributed by atoms with Gasteiger partial charge in [0, 0.05) is 19.6 Å². The first-order valence-electron chi connectivity index (χ1n) is 8.01. The van der Waals surface area contributed by atoms with E-state index in [1.165, 1.54) is 12.8 Å². The molecule has 2 aromatic rings. The highest BCUT2D eigenvalue weighted by atomic mass is 16.5. The van der Waals surface area contributed by atoms with Crippen molar-refractivity contribution < 1.29 is 4.74 Å². The van der Waals surface area contributed by atoms with E-state index in [0.717, 1.165) is 31.9 Å². The standard InChI is InChI=1S/C17H21N5O/c18-10-15-3-1-5-17(9-15)23-8-7-21-6-2-4-16(11-21)12-22-14-19-13-20-22/h1,3,5,9,13-14,16H,2,4,6-8,11-12H2. The Bertz CT molecular complexity index is 649. The third-order valence-corrected chi connectivity index (χ3v) is 4.15. The third kappa shape index (κ3) is 4.54. The van der Waals surface area contributed by atoms with E-state index in [0.29, 0.717) is 18.1 Å². The lowest BCUT2D eigenvalue weighted by atomic mass is 9.98.